The Bertz CT molecular complexity index is 1170. The molecular formula is C25H28N2O8. The summed E-state index contributed by atoms with van der Waals surface area (Å²) < 4.78 is 5.51. The number of benzene rings is 1. The zero-order valence-electron chi connectivity index (χ0n) is 19.5. The first-order valence-corrected chi connectivity index (χ1v) is 11.8. The largest absolute Gasteiger partial charge is 0.507 e. The normalized spacial score (nSPS) is 36.7. The Kier molecular flexibility index (Phi) is 5.46. The summed E-state index contributed by atoms with van der Waals surface area (Å²) in [6.45, 7) is 1.07. The van der Waals surface area contributed by atoms with Gasteiger partial charge in [0.15, 0.2) is 34.7 Å². The molecular weight excluding hydrogens is 456 g/mol. The molecule has 0 bridgehead atoms. The number of fused-ring (bicyclic) bond motifs is 3. The predicted octanol–water partition coefficient (Wildman–Crippen LogP) is -0.629. The first kappa shape index (κ1) is 23.8. The lowest BCUT2D eigenvalue weighted by Crippen LogP contribution is -2.74. The van der Waals surface area contributed by atoms with Crippen LogP contribution in [-0.4, -0.2) is 83.1 Å². The molecule has 7 atom stereocenters. The number of aliphatic hydroxyl groups is 1. The molecule has 0 radical (unpaired) electrons. The molecule has 3 aliphatic carbocycles. The van der Waals surface area contributed by atoms with Crippen molar-refractivity contribution in [2.45, 2.75) is 36.8 Å². The highest BCUT2D eigenvalue weighted by atomic mass is 16.5. The number of amides is 1. The molecule has 3 unspecified atom stereocenters. The smallest absolute Gasteiger partial charge is 0.235 e. The number of carbonyl (C=O) groups excluding carboxylic acids is 5. The summed E-state index contributed by atoms with van der Waals surface area (Å²) in [5.74, 6) is -10.2. The molecule has 4 aliphatic rings. The van der Waals surface area contributed by atoms with Crippen LogP contribution in [0.15, 0.2) is 12.1 Å². The first-order valence-electron chi connectivity index (χ1n) is 11.8. The van der Waals surface area contributed by atoms with Crippen LogP contribution < -0.4 is 5.73 Å². The molecule has 1 amide bonds. The van der Waals surface area contributed by atoms with Crippen molar-refractivity contribution in [2.75, 3.05) is 27.3 Å². The SMILES string of the molecule is CN(C)[C@H]1C(=O)C(C(N)=O)C(=O)[C@]2(O)C(=O)C3C(=O)c4c(O)ccc(C5CCOC5)c4C[C@@H]3C[C@H]12. The van der Waals surface area contributed by atoms with Crippen LogP contribution in [0, 0.1) is 23.7 Å². The average molecular weight is 485 g/mol. The molecule has 0 aromatic heterocycles. The van der Waals surface area contributed by atoms with Crippen molar-refractivity contribution >= 4 is 29.0 Å². The van der Waals surface area contributed by atoms with Crippen molar-refractivity contribution in [3.63, 3.8) is 0 Å². The van der Waals surface area contributed by atoms with Crippen molar-refractivity contribution in [1.29, 1.82) is 0 Å². The lowest BCUT2D eigenvalue weighted by atomic mass is 9.52. The van der Waals surface area contributed by atoms with E-state index in [9.17, 15) is 34.2 Å². The fourth-order valence-electron chi connectivity index (χ4n) is 6.79. The number of carbonyl (C=O) groups is 5. The summed E-state index contributed by atoms with van der Waals surface area (Å²) in [6.07, 6.45) is 1.08. The molecule has 10 nitrogen and oxygen atoms in total. The van der Waals surface area contributed by atoms with Gasteiger partial charge in [0.05, 0.1) is 24.1 Å². The number of Topliss-reactive ketones (excluding diaryl/α,β-unsaturated/α-hetero) is 4. The van der Waals surface area contributed by atoms with Crippen molar-refractivity contribution in [2.24, 2.45) is 29.4 Å². The van der Waals surface area contributed by atoms with Gasteiger partial charge in [-0.05, 0) is 56.5 Å². The van der Waals surface area contributed by atoms with Gasteiger partial charge in [-0.2, -0.15) is 0 Å². The highest BCUT2D eigenvalue weighted by molar-refractivity contribution is 6.32. The molecule has 2 saturated carbocycles. The van der Waals surface area contributed by atoms with E-state index in [1.807, 2.05) is 0 Å². The van der Waals surface area contributed by atoms with Crippen LogP contribution in [0.3, 0.4) is 0 Å². The summed E-state index contributed by atoms with van der Waals surface area (Å²) in [7, 11) is 3.12. The number of ether oxygens (including phenoxy) is 1. The number of phenolic OH excluding ortho intramolecular Hbond substituents is 1. The number of ketones is 4. The second kappa shape index (κ2) is 8.04. The van der Waals surface area contributed by atoms with Gasteiger partial charge >= 0.3 is 0 Å². The average Bonchev–Trinajstić information content (AvgIpc) is 3.30. The molecule has 1 saturated heterocycles. The third kappa shape index (κ3) is 3.16. The third-order valence-electron chi connectivity index (χ3n) is 8.35. The number of hydrogen-bond acceptors (Lipinski definition) is 9. The highest BCUT2D eigenvalue weighted by Crippen LogP contribution is 2.51. The van der Waals surface area contributed by atoms with Gasteiger partial charge in [-0.3, -0.25) is 28.9 Å². The van der Waals surface area contributed by atoms with Gasteiger partial charge in [-0.15, -0.1) is 0 Å². The number of hydrogen-bond donors (Lipinski definition) is 3. The maximum atomic E-state index is 13.8. The van der Waals surface area contributed by atoms with Crippen molar-refractivity contribution in [1.82, 2.24) is 4.90 Å². The Balaban J connectivity index is 1.63. The monoisotopic (exact) mass is 484 g/mol. The molecule has 10 heteroatoms. The summed E-state index contributed by atoms with van der Waals surface area (Å²) in [4.78, 5) is 67.3. The van der Waals surface area contributed by atoms with Gasteiger partial charge in [-0.25, -0.2) is 0 Å². The Morgan fingerprint density at radius 3 is 2.49 bits per heavy atom. The van der Waals surface area contributed by atoms with E-state index in [2.05, 4.69) is 0 Å². The topological polar surface area (TPSA) is 164 Å². The van der Waals surface area contributed by atoms with Crippen molar-refractivity contribution in [3.8, 4) is 5.75 Å². The van der Waals surface area contributed by atoms with Crippen LogP contribution >= 0.6 is 0 Å². The zero-order chi connectivity index (χ0) is 25.4. The lowest BCUT2D eigenvalue weighted by Gasteiger charge is -2.52. The minimum atomic E-state index is -2.70. The number of nitrogens with zero attached hydrogens (tertiary/aromatic N) is 1. The Hall–Kier alpha value is -2.95. The standard InChI is InChI=1S/C25H28N2O8/c1-27(2)19-14-8-11-7-13-12(10-5-6-35-9-10)3-4-15(28)17(13)20(29)16(11)22(31)25(14,34)23(32)18(21(19)30)24(26)33/h3-4,10-11,14,16,18-19,28,34H,5-9H2,1-2H3,(H2,26,33)/t10?,11-,14-,16?,18?,19-,25-/m1/s1. The van der Waals surface area contributed by atoms with Gasteiger partial charge in [0.25, 0.3) is 0 Å². The van der Waals surface area contributed by atoms with Gasteiger partial charge in [0.2, 0.25) is 5.91 Å². The fourth-order valence-corrected chi connectivity index (χ4v) is 6.79. The maximum Gasteiger partial charge on any atom is 0.235 e. The van der Waals surface area contributed by atoms with E-state index in [1.54, 1.807) is 20.2 Å². The van der Waals surface area contributed by atoms with Gasteiger partial charge in [0, 0.05) is 18.4 Å². The van der Waals surface area contributed by atoms with Crippen molar-refractivity contribution < 1.29 is 38.9 Å². The maximum absolute atomic E-state index is 13.8. The summed E-state index contributed by atoms with van der Waals surface area (Å²) >= 11 is 0. The Labute approximate surface area is 201 Å². The molecule has 5 rings (SSSR count). The number of nitrogens with two attached hydrogens (primary N) is 1. The van der Waals surface area contributed by atoms with Crippen LogP contribution in [0.4, 0.5) is 0 Å². The van der Waals surface area contributed by atoms with E-state index in [0.29, 0.717) is 18.8 Å². The Morgan fingerprint density at radius 1 is 1.17 bits per heavy atom. The number of rotatable bonds is 3. The van der Waals surface area contributed by atoms with Gasteiger partial charge in [0.1, 0.15) is 5.75 Å². The number of aromatic hydroxyl groups is 1. The molecule has 0 spiro atoms. The summed E-state index contributed by atoms with van der Waals surface area (Å²) in [5, 5.41) is 22.1. The summed E-state index contributed by atoms with van der Waals surface area (Å²) in [6, 6.07) is 2.09. The van der Waals surface area contributed by atoms with Gasteiger partial charge < -0.3 is 20.7 Å². The fraction of sp³-hybridized carbons (Fsp3) is 0.560. The van der Waals surface area contributed by atoms with Crippen LogP contribution in [-0.2, 0) is 30.3 Å². The predicted molar refractivity (Wildman–Crippen MR) is 120 cm³/mol. The van der Waals surface area contributed by atoms with E-state index in [0.717, 1.165) is 12.0 Å². The second-order valence-corrected chi connectivity index (χ2v) is 10.4. The number of likely N-dealkylation sites (N-methyl/N-ethyl adjacent to an activating group) is 1. The minimum absolute atomic E-state index is 0.0287. The molecule has 1 heterocycles. The van der Waals surface area contributed by atoms with E-state index in [-0.39, 0.29) is 30.1 Å². The van der Waals surface area contributed by atoms with E-state index >= 15 is 0 Å². The van der Waals surface area contributed by atoms with E-state index in [1.165, 1.54) is 11.0 Å². The van der Waals surface area contributed by atoms with Crippen LogP contribution in [0.2, 0.25) is 0 Å². The molecule has 1 aromatic carbocycles. The molecule has 4 N–H and O–H groups in total. The summed E-state index contributed by atoms with van der Waals surface area (Å²) in [5.41, 5.74) is 4.17. The van der Waals surface area contributed by atoms with E-state index in [4.69, 9.17) is 10.5 Å². The number of phenols is 1. The number of primary amides is 1. The second-order valence-electron chi connectivity index (χ2n) is 10.4. The minimum Gasteiger partial charge on any atom is -0.507 e. The van der Waals surface area contributed by atoms with Crippen LogP contribution in [0.5, 0.6) is 5.75 Å². The van der Waals surface area contributed by atoms with Crippen LogP contribution in [0.25, 0.3) is 0 Å². The highest BCUT2D eigenvalue weighted by Gasteiger charge is 2.69. The molecule has 1 aromatic rings. The van der Waals surface area contributed by atoms with E-state index < -0.39 is 64.4 Å². The van der Waals surface area contributed by atoms with Crippen molar-refractivity contribution in [3.05, 3.63) is 28.8 Å². The van der Waals surface area contributed by atoms with Gasteiger partial charge in [-0.1, -0.05) is 6.07 Å². The zero-order valence-corrected chi connectivity index (χ0v) is 19.5. The first-order chi connectivity index (χ1) is 16.5. The molecule has 186 valence electrons. The Morgan fingerprint density at radius 2 is 1.89 bits per heavy atom. The van der Waals surface area contributed by atoms with Crippen LogP contribution in [0.1, 0.15) is 40.2 Å². The molecule has 3 fully saturated rings. The molecule has 1 aliphatic heterocycles. The molecule has 35 heavy (non-hydrogen) atoms. The lowest BCUT2D eigenvalue weighted by molar-refractivity contribution is -0.181. The quantitative estimate of drug-likeness (QED) is 0.474. The third-order valence-corrected chi connectivity index (χ3v) is 8.35.